The van der Waals surface area contributed by atoms with Gasteiger partial charge in [-0.3, -0.25) is 14.4 Å². The third-order valence-electron chi connectivity index (χ3n) is 7.86. The molecular weight excluding hydrogens is 582 g/mol. The molecule has 0 unspecified atom stereocenters. The number of rotatable bonds is 33. The quantitative estimate of drug-likeness (QED) is 0.0399. The van der Waals surface area contributed by atoms with Crippen molar-refractivity contribution < 1.29 is 23.9 Å². The Morgan fingerprint density at radius 3 is 1.40 bits per heavy atom. The molecule has 0 aromatic carbocycles. The van der Waals surface area contributed by atoms with Crippen molar-refractivity contribution in [2.45, 2.75) is 162 Å². The van der Waals surface area contributed by atoms with E-state index in [9.17, 15) is 14.4 Å². The number of esters is 2. The van der Waals surface area contributed by atoms with E-state index in [1.807, 2.05) is 17.1 Å². The summed E-state index contributed by atoms with van der Waals surface area (Å²) in [4.78, 5) is 38.7. The molecule has 0 rings (SSSR count). The summed E-state index contributed by atoms with van der Waals surface area (Å²) in [6.45, 7) is 8.92. The van der Waals surface area contributed by atoms with E-state index in [4.69, 9.17) is 9.47 Å². The van der Waals surface area contributed by atoms with Gasteiger partial charge in [0.2, 0.25) is 5.91 Å². The van der Waals surface area contributed by atoms with E-state index in [-0.39, 0.29) is 17.8 Å². The van der Waals surface area contributed by atoms with Crippen LogP contribution in [0.4, 0.5) is 0 Å². The zero-order chi connectivity index (χ0) is 33.1. The number of unbranched alkanes of at least 4 members (excludes halogenated alkanes) is 16. The van der Waals surface area contributed by atoms with Crippen LogP contribution >= 0.6 is 11.8 Å². The highest BCUT2D eigenvalue weighted by Gasteiger charge is 2.13. The molecule has 262 valence electrons. The van der Waals surface area contributed by atoms with Gasteiger partial charge in [0.25, 0.3) is 0 Å². The molecular formula is C38H69NO5S. The lowest BCUT2D eigenvalue weighted by molar-refractivity contribution is -0.143. The highest BCUT2D eigenvalue weighted by atomic mass is 32.2. The zero-order valence-corrected chi connectivity index (χ0v) is 30.3. The van der Waals surface area contributed by atoms with Crippen molar-refractivity contribution in [1.29, 1.82) is 0 Å². The van der Waals surface area contributed by atoms with Gasteiger partial charge in [0.15, 0.2) is 0 Å². The van der Waals surface area contributed by atoms with Crippen molar-refractivity contribution in [1.82, 2.24) is 4.90 Å². The Labute approximate surface area is 281 Å². The highest BCUT2D eigenvalue weighted by molar-refractivity contribution is 7.99. The van der Waals surface area contributed by atoms with Gasteiger partial charge >= 0.3 is 11.9 Å². The van der Waals surface area contributed by atoms with Crippen LogP contribution in [0, 0.1) is 0 Å². The van der Waals surface area contributed by atoms with Gasteiger partial charge in [-0.05, 0) is 57.1 Å². The Hall–Kier alpha value is -1.76. The topological polar surface area (TPSA) is 72.9 Å². The number of carbonyl (C=O) groups is 3. The molecule has 0 aliphatic rings. The first-order chi connectivity index (χ1) is 22.0. The summed E-state index contributed by atoms with van der Waals surface area (Å²) in [5.41, 5.74) is 0. The first-order valence-corrected chi connectivity index (χ1v) is 19.7. The Morgan fingerprint density at radius 2 is 0.956 bits per heavy atom. The number of thioether (sulfide) groups is 1. The molecule has 0 fully saturated rings. The lowest BCUT2D eigenvalue weighted by atomic mass is 10.1. The monoisotopic (exact) mass is 651 g/mol. The van der Waals surface area contributed by atoms with Crippen LogP contribution in [0.1, 0.15) is 162 Å². The van der Waals surface area contributed by atoms with Crippen LogP contribution in [-0.2, 0) is 23.9 Å². The maximum Gasteiger partial charge on any atom is 0.306 e. The average Bonchev–Trinajstić information content (AvgIpc) is 3.04. The van der Waals surface area contributed by atoms with Crippen LogP contribution in [0.5, 0.6) is 0 Å². The van der Waals surface area contributed by atoms with Gasteiger partial charge in [-0.25, -0.2) is 0 Å². The zero-order valence-electron chi connectivity index (χ0n) is 29.5. The lowest BCUT2D eigenvalue weighted by Gasteiger charge is -2.22. The molecule has 0 N–H and O–H groups in total. The second kappa shape index (κ2) is 35.1. The number of hydrogen-bond acceptors (Lipinski definition) is 6. The van der Waals surface area contributed by atoms with Crippen molar-refractivity contribution in [2.75, 3.05) is 37.8 Å². The summed E-state index contributed by atoms with van der Waals surface area (Å²) in [7, 11) is 0. The molecule has 7 heteroatoms. The smallest absolute Gasteiger partial charge is 0.306 e. The molecule has 0 radical (unpaired) electrons. The predicted molar refractivity (Wildman–Crippen MR) is 193 cm³/mol. The molecule has 0 aliphatic heterocycles. The minimum absolute atomic E-state index is 0.105. The number of carbonyl (C=O) groups excluding carboxylic acids is 3. The van der Waals surface area contributed by atoms with Gasteiger partial charge in [-0.1, -0.05) is 122 Å². The van der Waals surface area contributed by atoms with Crippen molar-refractivity contribution in [3.8, 4) is 0 Å². The fourth-order valence-electron chi connectivity index (χ4n) is 5.02. The van der Waals surface area contributed by atoms with E-state index in [2.05, 4.69) is 32.9 Å². The minimum Gasteiger partial charge on any atom is -0.461 e. The van der Waals surface area contributed by atoms with E-state index in [1.165, 1.54) is 51.4 Å². The predicted octanol–water partition coefficient (Wildman–Crippen LogP) is 10.4. The lowest BCUT2D eigenvalue weighted by Crippen LogP contribution is -2.34. The van der Waals surface area contributed by atoms with Crippen molar-refractivity contribution in [3.63, 3.8) is 0 Å². The summed E-state index contributed by atoms with van der Waals surface area (Å²) < 4.78 is 10.6. The molecule has 1 amide bonds. The Balaban J connectivity index is 3.92. The fourth-order valence-corrected chi connectivity index (χ4v) is 5.58. The van der Waals surface area contributed by atoms with Gasteiger partial charge < -0.3 is 14.4 Å². The molecule has 0 aromatic heterocycles. The van der Waals surface area contributed by atoms with Crippen molar-refractivity contribution in [2.24, 2.45) is 0 Å². The number of hydrogen-bond donors (Lipinski definition) is 0. The Bertz CT molecular complexity index is 702. The first-order valence-electron chi connectivity index (χ1n) is 18.5. The molecule has 45 heavy (non-hydrogen) atoms. The maximum absolute atomic E-state index is 12.7. The number of ether oxygens (including phenoxy) is 2. The molecule has 0 spiro atoms. The molecule has 6 nitrogen and oxygen atoms in total. The molecule has 0 aromatic rings. The number of amides is 1. The second-order valence-electron chi connectivity index (χ2n) is 12.1. The SMILES string of the molecule is CCCCCC/C=C\COC(=O)CCCCCCCN(CCCCCCCC(=O)OC/C=C\CCCCCC)C(=O)CSCC. The molecule has 0 heterocycles. The van der Waals surface area contributed by atoms with Crippen LogP contribution in [-0.4, -0.2) is 60.6 Å². The van der Waals surface area contributed by atoms with E-state index >= 15 is 0 Å². The van der Waals surface area contributed by atoms with Gasteiger partial charge in [0.05, 0.1) is 5.75 Å². The fraction of sp³-hybridized carbons (Fsp3) is 0.816. The van der Waals surface area contributed by atoms with Crippen LogP contribution < -0.4 is 0 Å². The van der Waals surface area contributed by atoms with E-state index < -0.39 is 0 Å². The van der Waals surface area contributed by atoms with E-state index in [0.29, 0.717) is 31.8 Å². The Morgan fingerprint density at radius 1 is 0.533 bits per heavy atom. The van der Waals surface area contributed by atoms with Gasteiger partial charge in [0, 0.05) is 25.9 Å². The third kappa shape index (κ3) is 32.0. The Kier molecular flexibility index (Phi) is 33.7. The van der Waals surface area contributed by atoms with Crippen LogP contribution in [0.25, 0.3) is 0 Å². The third-order valence-corrected chi connectivity index (χ3v) is 8.72. The standard InChI is InChI=1S/C38H69NO5S/c1-4-7-9-11-13-21-27-33-43-37(41)29-23-17-15-19-25-31-39(36(40)35-45-6-3)32-26-20-16-18-24-30-38(42)44-34-28-22-14-12-10-8-5-2/h21-22,27-28H,4-20,23-26,29-35H2,1-3H3/b27-21-,28-22-. The molecule has 0 atom stereocenters. The minimum atomic E-state index is -0.105. The summed E-state index contributed by atoms with van der Waals surface area (Å²) in [5.74, 6) is 1.55. The summed E-state index contributed by atoms with van der Waals surface area (Å²) in [6.07, 6.45) is 31.4. The molecule has 0 saturated carbocycles. The largest absolute Gasteiger partial charge is 0.461 e. The van der Waals surface area contributed by atoms with Gasteiger partial charge in [0.1, 0.15) is 13.2 Å². The number of allylic oxidation sites excluding steroid dienone is 2. The van der Waals surface area contributed by atoms with Gasteiger partial charge in [-0.15, -0.1) is 0 Å². The maximum atomic E-state index is 12.7. The van der Waals surface area contributed by atoms with E-state index in [0.717, 1.165) is 95.9 Å². The summed E-state index contributed by atoms with van der Waals surface area (Å²) in [6, 6.07) is 0. The number of nitrogens with zero attached hydrogens (tertiary/aromatic N) is 1. The first kappa shape index (κ1) is 43.2. The normalized spacial score (nSPS) is 11.4. The van der Waals surface area contributed by atoms with E-state index in [1.54, 1.807) is 11.8 Å². The van der Waals surface area contributed by atoms with Crippen molar-refractivity contribution >= 4 is 29.6 Å². The van der Waals surface area contributed by atoms with Crippen molar-refractivity contribution in [3.05, 3.63) is 24.3 Å². The van der Waals surface area contributed by atoms with Gasteiger partial charge in [-0.2, -0.15) is 11.8 Å². The summed E-state index contributed by atoms with van der Waals surface area (Å²) >= 11 is 1.69. The molecule has 0 bridgehead atoms. The van der Waals surface area contributed by atoms with Crippen LogP contribution in [0.2, 0.25) is 0 Å². The molecule has 0 aliphatic carbocycles. The summed E-state index contributed by atoms with van der Waals surface area (Å²) in [5, 5.41) is 0. The molecule has 0 saturated heterocycles. The second-order valence-corrected chi connectivity index (χ2v) is 13.3. The highest BCUT2D eigenvalue weighted by Crippen LogP contribution is 2.12. The average molecular weight is 652 g/mol. The van der Waals surface area contributed by atoms with Crippen LogP contribution in [0.3, 0.4) is 0 Å². The van der Waals surface area contributed by atoms with Crippen LogP contribution in [0.15, 0.2) is 24.3 Å².